The molecule has 1 aliphatic heterocycles. The van der Waals surface area contributed by atoms with Gasteiger partial charge in [0.2, 0.25) is 5.91 Å². The minimum atomic E-state index is -0.354. The van der Waals surface area contributed by atoms with Crippen LogP contribution < -0.4 is 10.2 Å². The van der Waals surface area contributed by atoms with Gasteiger partial charge in [-0.1, -0.05) is 35.0 Å². The lowest BCUT2D eigenvalue weighted by Gasteiger charge is -2.19. The standard InChI is InChI=1S/C21H23BrN2O/c1-15-9-12-24(14-15)19-7-5-18(6-8-19)23-20(25)21(10-11-21)16-3-2-4-17(22)13-16/h2-8,13,15H,9-12,14H2,1H3,(H,23,25). The van der Waals surface area contributed by atoms with Crippen LogP contribution in [0.3, 0.4) is 0 Å². The van der Waals surface area contributed by atoms with E-state index in [-0.39, 0.29) is 11.3 Å². The minimum absolute atomic E-state index is 0.105. The van der Waals surface area contributed by atoms with Gasteiger partial charge in [-0.15, -0.1) is 0 Å². The van der Waals surface area contributed by atoms with Gasteiger partial charge >= 0.3 is 0 Å². The van der Waals surface area contributed by atoms with Crippen LogP contribution in [-0.2, 0) is 10.2 Å². The fourth-order valence-electron chi connectivity index (χ4n) is 3.73. The number of anilines is 2. The zero-order chi connectivity index (χ0) is 17.4. The Labute approximate surface area is 157 Å². The summed E-state index contributed by atoms with van der Waals surface area (Å²) in [7, 11) is 0. The summed E-state index contributed by atoms with van der Waals surface area (Å²) in [5.41, 5.74) is 2.87. The summed E-state index contributed by atoms with van der Waals surface area (Å²) in [5.74, 6) is 0.868. The highest BCUT2D eigenvalue weighted by molar-refractivity contribution is 9.10. The zero-order valence-electron chi connectivity index (χ0n) is 14.5. The molecule has 1 amide bonds. The van der Waals surface area contributed by atoms with Gasteiger partial charge in [-0.3, -0.25) is 4.79 Å². The van der Waals surface area contributed by atoms with E-state index in [0.717, 1.165) is 47.6 Å². The number of carbonyl (C=O) groups is 1. The van der Waals surface area contributed by atoms with Gasteiger partial charge in [0.25, 0.3) is 0 Å². The molecule has 1 atom stereocenters. The Kier molecular flexibility index (Phi) is 4.32. The first-order chi connectivity index (χ1) is 12.1. The Bertz CT molecular complexity index is 783. The molecule has 2 aromatic carbocycles. The Morgan fingerprint density at radius 3 is 2.56 bits per heavy atom. The van der Waals surface area contributed by atoms with Gasteiger partial charge in [-0.2, -0.15) is 0 Å². The normalized spacial score (nSPS) is 21.2. The van der Waals surface area contributed by atoms with Crippen molar-refractivity contribution in [1.82, 2.24) is 0 Å². The highest BCUT2D eigenvalue weighted by Crippen LogP contribution is 2.49. The monoisotopic (exact) mass is 398 g/mol. The highest BCUT2D eigenvalue weighted by Gasteiger charge is 2.51. The maximum atomic E-state index is 12.9. The van der Waals surface area contributed by atoms with Crippen molar-refractivity contribution < 1.29 is 4.79 Å². The summed E-state index contributed by atoms with van der Waals surface area (Å²) >= 11 is 3.51. The lowest BCUT2D eigenvalue weighted by molar-refractivity contribution is -0.118. The smallest absolute Gasteiger partial charge is 0.235 e. The Balaban J connectivity index is 1.46. The summed E-state index contributed by atoms with van der Waals surface area (Å²) < 4.78 is 1.02. The van der Waals surface area contributed by atoms with E-state index in [9.17, 15) is 4.79 Å². The number of amides is 1. The average molecular weight is 399 g/mol. The lowest BCUT2D eigenvalue weighted by Crippen LogP contribution is -2.27. The molecule has 0 spiro atoms. The molecule has 1 aliphatic carbocycles. The first-order valence-corrected chi connectivity index (χ1v) is 9.79. The molecular weight excluding hydrogens is 376 g/mol. The number of hydrogen-bond acceptors (Lipinski definition) is 2. The largest absolute Gasteiger partial charge is 0.371 e. The van der Waals surface area contributed by atoms with Gasteiger partial charge < -0.3 is 10.2 Å². The minimum Gasteiger partial charge on any atom is -0.371 e. The number of carbonyl (C=O) groups excluding carboxylic acids is 1. The van der Waals surface area contributed by atoms with Crippen molar-refractivity contribution in [1.29, 1.82) is 0 Å². The van der Waals surface area contributed by atoms with E-state index in [2.05, 4.69) is 57.3 Å². The fraction of sp³-hybridized carbons (Fsp3) is 0.381. The van der Waals surface area contributed by atoms with Crippen molar-refractivity contribution >= 4 is 33.2 Å². The van der Waals surface area contributed by atoms with Gasteiger partial charge in [-0.25, -0.2) is 0 Å². The summed E-state index contributed by atoms with van der Waals surface area (Å²) in [6.45, 7) is 4.54. The van der Waals surface area contributed by atoms with Crippen LogP contribution >= 0.6 is 15.9 Å². The molecule has 25 heavy (non-hydrogen) atoms. The van der Waals surface area contributed by atoms with Crippen molar-refractivity contribution in [2.75, 3.05) is 23.3 Å². The molecule has 2 aromatic rings. The fourth-order valence-corrected chi connectivity index (χ4v) is 4.13. The summed E-state index contributed by atoms with van der Waals surface area (Å²) in [4.78, 5) is 15.3. The van der Waals surface area contributed by atoms with Crippen LogP contribution in [0.2, 0.25) is 0 Å². The molecule has 0 aromatic heterocycles. The van der Waals surface area contributed by atoms with Gasteiger partial charge in [0.05, 0.1) is 5.41 Å². The summed E-state index contributed by atoms with van der Waals surface area (Å²) in [6, 6.07) is 16.4. The number of rotatable bonds is 4. The van der Waals surface area contributed by atoms with Crippen LogP contribution in [0, 0.1) is 5.92 Å². The second-order valence-electron chi connectivity index (χ2n) is 7.43. The van der Waals surface area contributed by atoms with Crippen molar-refractivity contribution in [3.63, 3.8) is 0 Å². The molecule has 130 valence electrons. The van der Waals surface area contributed by atoms with Crippen molar-refractivity contribution in [3.05, 3.63) is 58.6 Å². The van der Waals surface area contributed by atoms with E-state index >= 15 is 0 Å². The zero-order valence-corrected chi connectivity index (χ0v) is 16.1. The lowest BCUT2D eigenvalue weighted by atomic mass is 9.95. The topological polar surface area (TPSA) is 32.3 Å². The van der Waals surface area contributed by atoms with E-state index in [1.807, 2.05) is 24.3 Å². The van der Waals surface area contributed by atoms with Crippen molar-refractivity contribution in [2.24, 2.45) is 5.92 Å². The maximum Gasteiger partial charge on any atom is 0.235 e. The Morgan fingerprint density at radius 2 is 1.96 bits per heavy atom. The Morgan fingerprint density at radius 1 is 1.20 bits per heavy atom. The van der Waals surface area contributed by atoms with Crippen LogP contribution in [0.1, 0.15) is 31.7 Å². The molecule has 4 rings (SSSR count). The Hall–Kier alpha value is -1.81. The van der Waals surface area contributed by atoms with Gasteiger partial charge in [0, 0.05) is 28.9 Å². The molecule has 1 unspecified atom stereocenters. The third-order valence-electron chi connectivity index (χ3n) is 5.48. The molecule has 1 heterocycles. The molecule has 2 fully saturated rings. The second-order valence-corrected chi connectivity index (χ2v) is 8.35. The van der Waals surface area contributed by atoms with Crippen molar-refractivity contribution in [2.45, 2.75) is 31.6 Å². The van der Waals surface area contributed by atoms with Gasteiger partial charge in [0.15, 0.2) is 0 Å². The molecule has 0 radical (unpaired) electrons. The van der Waals surface area contributed by atoms with Crippen LogP contribution in [0.25, 0.3) is 0 Å². The van der Waals surface area contributed by atoms with Crippen LogP contribution in [0.15, 0.2) is 53.0 Å². The molecular formula is C21H23BrN2O. The quantitative estimate of drug-likeness (QED) is 0.788. The van der Waals surface area contributed by atoms with Gasteiger partial charge in [-0.05, 0) is 67.1 Å². The van der Waals surface area contributed by atoms with E-state index in [4.69, 9.17) is 0 Å². The number of hydrogen-bond donors (Lipinski definition) is 1. The van der Waals surface area contributed by atoms with Crippen LogP contribution in [0.4, 0.5) is 11.4 Å². The van der Waals surface area contributed by atoms with E-state index in [1.165, 1.54) is 12.1 Å². The summed E-state index contributed by atoms with van der Waals surface area (Å²) in [6.07, 6.45) is 3.09. The number of nitrogens with one attached hydrogen (secondary N) is 1. The predicted octanol–water partition coefficient (Wildman–Crippen LogP) is 4.97. The number of benzene rings is 2. The predicted molar refractivity (Wildman–Crippen MR) is 106 cm³/mol. The van der Waals surface area contributed by atoms with Gasteiger partial charge in [0.1, 0.15) is 0 Å². The molecule has 1 saturated heterocycles. The third kappa shape index (κ3) is 3.32. The highest BCUT2D eigenvalue weighted by atomic mass is 79.9. The average Bonchev–Trinajstić information content (AvgIpc) is 3.32. The van der Waals surface area contributed by atoms with E-state index in [1.54, 1.807) is 0 Å². The molecule has 3 nitrogen and oxygen atoms in total. The van der Waals surface area contributed by atoms with Crippen LogP contribution in [-0.4, -0.2) is 19.0 Å². The third-order valence-corrected chi connectivity index (χ3v) is 5.97. The first-order valence-electron chi connectivity index (χ1n) is 8.99. The molecule has 2 aliphatic rings. The van der Waals surface area contributed by atoms with Crippen molar-refractivity contribution in [3.8, 4) is 0 Å². The maximum absolute atomic E-state index is 12.9. The summed E-state index contributed by atoms with van der Waals surface area (Å²) in [5, 5.41) is 3.12. The first kappa shape index (κ1) is 16.6. The SMILES string of the molecule is CC1CCN(c2ccc(NC(=O)C3(c4cccc(Br)c4)CC3)cc2)C1. The second kappa shape index (κ2) is 6.49. The molecule has 4 heteroatoms. The molecule has 1 N–H and O–H groups in total. The molecule has 1 saturated carbocycles. The number of halogens is 1. The van der Waals surface area contributed by atoms with E-state index in [0.29, 0.717) is 0 Å². The number of nitrogens with zero attached hydrogens (tertiary/aromatic N) is 1. The van der Waals surface area contributed by atoms with E-state index < -0.39 is 0 Å². The van der Waals surface area contributed by atoms with Crippen LogP contribution in [0.5, 0.6) is 0 Å². The molecule has 0 bridgehead atoms.